The van der Waals surface area contributed by atoms with E-state index in [-0.39, 0.29) is 5.91 Å². The number of aliphatic carboxylic acids is 1. The monoisotopic (exact) mass is 373 g/mol. The number of ether oxygens (including phenoxy) is 1. The SMILES string of the molecule is O=C(O)COc1ccc(Br)cc1/C=C1/C(=O)Nc2ccccc21. The molecular weight excluding hydrogens is 362 g/mol. The zero-order valence-corrected chi connectivity index (χ0v) is 13.5. The first-order valence-electron chi connectivity index (χ1n) is 6.81. The van der Waals surface area contributed by atoms with Crippen molar-refractivity contribution >= 4 is 45.1 Å². The molecule has 0 unspecified atom stereocenters. The summed E-state index contributed by atoms with van der Waals surface area (Å²) in [6.45, 7) is -0.444. The molecule has 0 atom stereocenters. The predicted molar refractivity (Wildman–Crippen MR) is 90.2 cm³/mol. The molecule has 3 rings (SSSR count). The number of carboxylic acids is 1. The number of hydrogen-bond acceptors (Lipinski definition) is 3. The Balaban J connectivity index is 2.03. The van der Waals surface area contributed by atoms with E-state index in [9.17, 15) is 9.59 Å². The molecule has 1 aliphatic heterocycles. The molecule has 116 valence electrons. The van der Waals surface area contributed by atoms with Crippen molar-refractivity contribution in [3.63, 3.8) is 0 Å². The summed E-state index contributed by atoms with van der Waals surface area (Å²) in [5, 5.41) is 11.6. The minimum atomic E-state index is -1.06. The summed E-state index contributed by atoms with van der Waals surface area (Å²) in [4.78, 5) is 22.9. The summed E-state index contributed by atoms with van der Waals surface area (Å²) >= 11 is 3.37. The average Bonchev–Trinajstić information content (AvgIpc) is 2.82. The molecule has 0 saturated carbocycles. The summed E-state index contributed by atoms with van der Waals surface area (Å²) in [6, 6.07) is 12.6. The van der Waals surface area contributed by atoms with E-state index in [0.29, 0.717) is 16.9 Å². The van der Waals surface area contributed by atoms with Gasteiger partial charge in [-0.2, -0.15) is 0 Å². The summed E-state index contributed by atoms with van der Waals surface area (Å²) in [5.41, 5.74) is 2.70. The van der Waals surface area contributed by atoms with Gasteiger partial charge in [0.2, 0.25) is 0 Å². The molecule has 1 amide bonds. The van der Waals surface area contributed by atoms with Gasteiger partial charge in [0.25, 0.3) is 5.91 Å². The Hall–Kier alpha value is -2.60. The van der Waals surface area contributed by atoms with Crippen LogP contribution in [0.3, 0.4) is 0 Å². The molecule has 0 saturated heterocycles. The largest absolute Gasteiger partial charge is 0.481 e. The molecule has 2 aromatic carbocycles. The Morgan fingerprint density at radius 3 is 2.83 bits per heavy atom. The van der Waals surface area contributed by atoms with Crippen LogP contribution in [0.5, 0.6) is 5.75 Å². The third-order valence-corrected chi connectivity index (χ3v) is 3.83. The normalized spacial score (nSPS) is 14.5. The third-order valence-electron chi connectivity index (χ3n) is 3.33. The van der Waals surface area contributed by atoms with Crippen LogP contribution in [0.25, 0.3) is 11.6 Å². The van der Waals surface area contributed by atoms with Crippen LogP contribution in [-0.2, 0) is 9.59 Å². The van der Waals surface area contributed by atoms with Gasteiger partial charge in [-0.15, -0.1) is 0 Å². The zero-order valence-electron chi connectivity index (χ0n) is 11.9. The standard InChI is InChI=1S/C17H12BrNO4/c18-11-5-6-15(23-9-16(20)21)10(7-11)8-13-12-3-1-2-4-14(12)19-17(13)22/h1-8H,9H2,(H,19,22)(H,20,21)/b13-8+. The fraction of sp³-hybridized carbons (Fsp3) is 0.0588. The molecule has 1 aliphatic rings. The van der Waals surface area contributed by atoms with Crippen LogP contribution in [0.4, 0.5) is 5.69 Å². The van der Waals surface area contributed by atoms with Gasteiger partial charge in [-0.05, 0) is 30.3 Å². The number of hydrogen-bond donors (Lipinski definition) is 2. The molecule has 0 aliphatic carbocycles. The van der Waals surface area contributed by atoms with E-state index < -0.39 is 12.6 Å². The van der Waals surface area contributed by atoms with Gasteiger partial charge < -0.3 is 15.2 Å². The Morgan fingerprint density at radius 2 is 2.04 bits per heavy atom. The maximum absolute atomic E-state index is 12.2. The minimum absolute atomic E-state index is 0.199. The highest BCUT2D eigenvalue weighted by atomic mass is 79.9. The highest BCUT2D eigenvalue weighted by Gasteiger charge is 2.23. The summed E-state index contributed by atoms with van der Waals surface area (Å²) in [7, 11) is 0. The highest BCUT2D eigenvalue weighted by Crippen LogP contribution is 2.35. The maximum atomic E-state index is 12.2. The molecule has 2 aromatic rings. The van der Waals surface area contributed by atoms with Crippen LogP contribution in [0.2, 0.25) is 0 Å². The molecule has 23 heavy (non-hydrogen) atoms. The van der Waals surface area contributed by atoms with E-state index in [1.807, 2.05) is 24.3 Å². The van der Waals surface area contributed by atoms with Gasteiger partial charge in [0.05, 0.1) is 0 Å². The fourth-order valence-corrected chi connectivity index (χ4v) is 2.72. The molecule has 6 heteroatoms. The second kappa shape index (κ2) is 6.26. The summed E-state index contributed by atoms with van der Waals surface area (Å²) in [6.07, 6.45) is 1.70. The van der Waals surface area contributed by atoms with Crippen molar-refractivity contribution in [2.75, 3.05) is 11.9 Å². The van der Waals surface area contributed by atoms with E-state index in [0.717, 1.165) is 15.7 Å². The van der Waals surface area contributed by atoms with Crippen molar-refractivity contribution in [2.24, 2.45) is 0 Å². The van der Waals surface area contributed by atoms with E-state index in [4.69, 9.17) is 9.84 Å². The number of rotatable bonds is 4. The summed E-state index contributed by atoms with van der Waals surface area (Å²) in [5.74, 6) is -0.855. The lowest BCUT2D eigenvalue weighted by Gasteiger charge is -2.08. The molecule has 5 nitrogen and oxygen atoms in total. The Morgan fingerprint density at radius 1 is 1.26 bits per heavy atom. The van der Waals surface area contributed by atoms with Crippen LogP contribution in [0, 0.1) is 0 Å². The molecule has 2 N–H and O–H groups in total. The molecule has 0 bridgehead atoms. The van der Waals surface area contributed by atoms with Crippen molar-refractivity contribution < 1.29 is 19.4 Å². The lowest BCUT2D eigenvalue weighted by Crippen LogP contribution is -2.10. The predicted octanol–water partition coefficient (Wildman–Crippen LogP) is 3.41. The number of halogens is 1. The van der Waals surface area contributed by atoms with E-state index >= 15 is 0 Å². The second-order valence-corrected chi connectivity index (χ2v) is 5.84. The van der Waals surface area contributed by atoms with Crippen LogP contribution in [0.15, 0.2) is 46.9 Å². The smallest absolute Gasteiger partial charge is 0.341 e. The van der Waals surface area contributed by atoms with Gasteiger partial charge in [-0.25, -0.2) is 4.79 Å². The first kappa shape index (κ1) is 15.3. The number of benzene rings is 2. The fourth-order valence-electron chi connectivity index (χ4n) is 2.34. The van der Waals surface area contributed by atoms with Crippen molar-refractivity contribution in [1.82, 2.24) is 0 Å². The molecule has 0 spiro atoms. The van der Waals surface area contributed by atoms with Crippen LogP contribution in [-0.4, -0.2) is 23.6 Å². The molecule has 0 fully saturated rings. The van der Waals surface area contributed by atoms with E-state index in [2.05, 4.69) is 21.2 Å². The van der Waals surface area contributed by atoms with Crippen molar-refractivity contribution in [1.29, 1.82) is 0 Å². The first-order chi connectivity index (χ1) is 11.0. The first-order valence-corrected chi connectivity index (χ1v) is 7.60. The number of carboxylic acid groups (broad SMARTS) is 1. The number of amides is 1. The number of carbonyl (C=O) groups excluding carboxylic acids is 1. The summed E-state index contributed by atoms with van der Waals surface area (Å²) < 4.78 is 6.09. The highest BCUT2D eigenvalue weighted by molar-refractivity contribution is 9.10. The van der Waals surface area contributed by atoms with Gasteiger partial charge in [-0.1, -0.05) is 34.1 Å². The van der Waals surface area contributed by atoms with E-state index in [1.165, 1.54) is 0 Å². The number of carbonyl (C=O) groups is 2. The van der Waals surface area contributed by atoms with Gasteiger partial charge in [0, 0.05) is 26.9 Å². The van der Waals surface area contributed by atoms with Gasteiger partial charge in [0.1, 0.15) is 5.75 Å². The molecule has 1 heterocycles. The third kappa shape index (κ3) is 3.27. The topological polar surface area (TPSA) is 75.6 Å². The van der Waals surface area contributed by atoms with Gasteiger partial charge in [-0.3, -0.25) is 4.79 Å². The Labute approximate surface area is 140 Å². The van der Waals surface area contributed by atoms with Crippen LogP contribution >= 0.6 is 15.9 Å². The van der Waals surface area contributed by atoms with E-state index in [1.54, 1.807) is 24.3 Å². The number of nitrogens with one attached hydrogen (secondary N) is 1. The molecule has 0 aromatic heterocycles. The average molecular weight is 374 g/mol. The van der Waals surface area contributed by atoms with Gasteiger partial charge in [0.15, 0.2) is 6.61 Å². The number of para-hydroxylation sites is 1. The quantitative estimate of drug-likeness (QED) is 0.805. The lowest BCUT2D eigenvalue weighted by atomic mass is 10.0. The Kier molecular flexibility index (Phi) is 4.16. The van der Waals surface area contributed by atoms with Crippen LogP contribution < -0.4 is 10.1 Å². The van der Waals surface area contributed by atoms with Crippen molar-refractivity contribution in [3.8, 4) is 5.75 Å². The Bertz CT molecular complexity index is 829. The maximum Gasteiger partial charge on any atom is 0.341 e. The zero-order chi connectivity index (χ0) is 16.4. The minimum Gasteiger partial charge on any atom is -0.481 e. The van der Waals surface area contributed by atoms with Crippen molar-refractivity contribution in [3.05, 3.63) is 58.1 Å². The molecule has 0 radical (unpaired) electrons. The second-order valence-electron chi connectivity index (χ2n) is 4.92. The number of anilines is 1. The lowest BCUT2D eigenvalue weighted by molar-refractivity contribution is -0.139. The number of fused-ring (bicyclic) bond motifs is 1. The molecular formula is C17H12BrNO4. The van der Waals surface area contributed by atoms with Crippen LogP contribution in [0.1, 0.15) is 11.1 Å². The van der Waals surface area contributed by atoms with Gasteiger partial charge >= 0.3 is 5.97 Å². The van der Waals surface area contributed by atoms with Crippen molar-refractivity contribution in [2.45, 2.75) is 0 Å².